The van der Waals surface area contributed by atoms with E-state index in [1.54, 1.807) is 11.8 Å². The lowest BCUT2D eigenvalue weighted by Crippen LogP contribution is -1.91. The fourth-order valence-corrected chi connectivity index (χ4v) is 1.74. The van der Waals surface area contributed by atoms with Crippen LogP contribution in [0, 0.1) is 6.92 Å². The van der Waals surface area contributed by atoms with Crippen molar-refractivity contribution in [3.8, 4) is 0 Å². The molecule has 2 heteroatoms. The van der Waals surface area contributed by atoms with Crippen LogP contribution in [0.25, 0.3) is 0 Å². The average molecular weight is 167 g/mol. The molecule has 1 nitrogen and oxygen atoms in total. The number of para-hydroxylation sites is 1. The molecular formula is C9H13NS. The number of rotatable bonds is 2. The van der Waals surface area contributed by atoms with Crippen LogP contribution in [0.1, 0.15) is 12.5 Å². The van der Waals surface area contributed by atoms with Crippen LogP contribution in [0.15, 0.2) is 23.1 Å². The highest BCUT2D eigenvalue weighted by molar-refractivity contribution is 7.99. The van der Waals surface area contributed by atoms with Crippen LogP contribution < -0.4 is 5.73 Å². The first kappa shape index (κ1) is 8.47. The first-order valence-electron chi connectivity index (χ1n) is 3.73. The summed E-state index contributed by atoms with van der Waals surface area (Å²) in [6.07, 6.45) is 0. The molecule has 0 fully saturated rings. The zero-order chi connectivity index (χ0) is 8.27. The Morgan fingerprint density at radius 1 is 1.45 bits per heavy atom. The number of nitrogens with two attached hydrogens (primary N) is 1. The Balaban J connectivity index is 2.96. The van der Waals surface area contributed by atoms with Gasteiger partial charge in [-0.25, -0.2) is 0 Å². The molecule has 0 heterocycles. The van der Waals surface area contributed by atoms with Gasteiger partial charge in [0.1, 0.15) is 0 Å². The van der Waals surface area contributed by atoms with Crippen LogP contribution >= 0.6 is 11.8 Å². The third-order valence-corrected chi connectivity index (χ3v) is 2.54. The molecule has 1 aromatic rings. The summed E-state index contributed by atoms with van der Waals surface area (Å²) in [4.78, 5) is 1.20. The normalized spacial score (nSPS) is 10.0. The Kier molecular flexibility index (Phi) is 2.83. The molecule has 0 atom stereocenters. The van der Waals surface area contributed by atoms with Crippen LogP contribution in [0.5, 0.6) is 0 Å². The molecule has 0 spiro atoms. The van der Waals surface area contributed by atoms with Gasteiger partial charge in [0.25, 0.3) is 0 Å². The van der Waals surface area contributed by atoms with Crippen molar-refractivity contribution >= 4 is 17.4 Å². The summed E-state index contributed by atoms with van der Waals surface area (Å²) in [6, 6.07) is 6.15. The fraction of sp³-hybridized carbons (Fsp3) is 0.333. The summed E-state index contributed by atoms with van der Waals surface area (Å²) in [5.74, 6) is 1.08. The molecule has 0 saturated heterocycles. The molecule has 0 radical (unpaired) electrons. The summed E-state index contributed by atoms with van der Waals surface area (Å²) in [7, 11) is 0. The van der Waals surface area contributed by atoms with Gasteiger partial charge in [0, 0.05) is 10.6 Å². The Morgan fingerprint density at radius 3 is 2.82 bits per heavy atom. The van der Waals surface area contributed by atoms with E-state index in [4.69, 9.17) is 5.73 Å². The average Bonchev–Trinajstić information content (AvgIpc) is 1.99. The lowest BCUT2D eigenvalue weighted by atomic mass is 10.2. The lowest BCUT2D eigenvalue weighted by Gasteiger charge is -2.05. The highest BCUT2D eigenvalue weighted by Crippen LogP contribution is 2.26. The number of thioether (sulfide) groups is 1. The second-order valence-corrected chi connectivity index (χ2v) is 3.73. The van der Waals surface area contributed by atoms with Crippen LogP contribution in [-0.2, 0) is 0 Å². The van der Waals surface area contributed by atoms with Gasteiger partial charge in [-0.2, -0.15) is 0 Å². The van der Waals surface area contributed by atoms with Crippen LogP contribution in [0.3, 0.4) is 0 Å². The van der Waals surface area contributed by atoms with Crippen molar-refractivity contribution in [2.75, 3.05) is 11.5 Å². The zero-order valence-corrected chi connectivity index (χ0v) is 7.74. The summed E-state index contributed by atoms with van der Waals surface area (Å²) >= 11 is 1.79. The SMILES string of the molecule is CCSc1cccc(C)c1N. The monoisotopic (exact) mass is 167 g/mol. The summed E-state index contributed by atoms with van der Waals surface area (Å²) in [5.41, 5.74) is 7.95. The Bertz CT molecular complexity index is 245. The van der Waals surface area contributed by atoms with Gasteiger partial charge in [0.15, 0.2) is 0 Å². The third-order valence-electron chi connectivity index (χ3n) is 1.58. The predicted molar refractivity (Wildman–Crippen MR) is 52.0 cm³/mol. The minimum Gasteiger partial charge on any atom is -0.398 e. The first-order valence-corrected chi connectivity index (χ1v) is 4.72. The van der Waals surface area contributed by atoms with E-state index in [-0.39, 0.29) is 0 Å². The highest BCUT2D eigenvalue weighted by Gasteiger charge is 1.99. The van der Waals surface area contributed by atoms with Crippen LogP contribution in [-0.4, -0.2) is 5.75 Å². The molecule has 0 amide bonds. The molecule has 0 aliphatic rings. The van der Waals surface area contributed by atoms with Crippen molar-refractivity contribution in [3.63, 3.8) is 0 Å². The molecule has 0 unspecified atom stereocenters. The first-order chi connectivity index (χ1) is 5.25. The molecule has 0 aliphatic carbocycles. The molecule has 2 N–H and O–H groups in total. The van der Waals surface area contributed by atoms with E-state index in [9.17, 15) is 0 Å². The van der Waals surface area contributed by atoms with E-state index in [2.05, 4.69) is 13.0 Å². The van der Waals surface area contributed by atoms with Crippen molar-refractivity contribution in [2.24, 2.45) is 0 Å². The summed E-state index contributed by atoms with van der Waals surface area (Å²) in [5, 5.41) is 0. The highest BCUT2D eigenvalue weighted by atomic mass is 32.2. The standard InChI is InChI=1S/C9H13NS/c1-3-11-8-6-4-5-7(2)9(8)10/h4-6H,3,10H2,1-2H3. The van der Waals surface area contributed by atoms with Gasteiger partial charge >= 0.3 is 0 Å². The van der Waals surface area contributed by atoms with E-state index in [0.29, 0.717) is 0 Å². The maximum absolute atomic E-state index is 5.85. The topological polar surface area (TPSA) is 26.0 Å². The molecule has 11 heavy (non-hydrogen) atoms. The maximum Gasteiger partial charge on any atom is 0.0481 e. The van der Waals surface area contributed by atoms with Crippen molar-refractivity contribution in [2.45, 2.75) is 18.7 Å². The number of anilines is 1. The second-order valence-electron chi connectivity index (χ2n) is 2.42. The van der Waals surface area contributed by atoms with Gasteiger partial charge in [-0.05, 0) is 24.3 Å². The quantitative estimate of drug-likeness (QED) is 0.541. The van der Waals surface area contributed by atoms with Gasteiger partial charge < -0.3 is 5.73 Å². The van der Waals surface area contributed by atoms with Gasteiger partial charge in [0.05, 0.1) is 0 Å². The van der Waals surface area contributed by atoms with Crippen molar-refractivity contribution < 1.29 is 0 Å². The smallest absolute Gasteiger partial charge is 0.0481 e. The second kappa shape index (κ2) is 3.67. The minimum atomic E-state index is 0.930. The Hall–Kier alpha value is -0.630. The molecule has 0 aromatic heterocycles. The number of benzene rings is 1. The largest absolute Gasteiger partial charge is 0.398 e. The Morgan fingerprint density at radius 2 is 2.18 bits per heavy atom. The predicted octanol–water partition coefficient (Wildman–Crippen LogP) is 2.69. The number of nitrogen functional groups attached to an aromatic ring is 1. The number of hydrogen-bond acceptors (Lipinski definition) is 2. The fourth-order valence-electron chi connectivity index (χ4n) is 0.935. The molecule has 0 bridgehead atoms. The minimum absolute atomic E-state index is 0.930. The van der Waals surface area contributed by atoms with Crippen LogP contribution in [0.4, 0.5) is 5.69 Å². The zero-order valence-electron chi connectivity index (χ0n) is 6.92. The maximum atomic E-state index is 5.85. The molecule has 0 saturated carbocycles. The summed E-state index contributed by atoms with van der Waals surface area (Å²) in [6.45, 7) is 4.17. The molecule has 0 aliphatic heterocycles. The number of hydrogen-bond donors (Lipinski definition) is 1. The van der Waals surface area contributed by atoms with E-state index in [1.807, 2.05) is 19.1 Å². The van der Waals surface area contributed by atoms with Crippen molar-refractivity contribution in [3.05, 3.63) is 23.8 Å². The summed E-state index contributed by atoms with van der Waals surface area (Å²) < 4.78 is 0. The van der Waals surface area contributed by atoms with Gasteiger partial charge in [-0.3, -0.25) is 0 Å². The molecule has 60 valence electrons. The van der Waals surface area contributed by atoms with Gasteiger partial charge in [0.2, 0.25) is 0 Å². The third kappa shape index (κ3) is 1.90. The molecule has 1 rings (SSSR count). The van der Waals surface area contributed by atoms with Crippen molar-refractivity contribution in [1.29, 1.82) is 0 Å². The van der Waals surface area contributed by atoms with E-state index in [1.165, 1.54) is 10.5 Å². The van der Waals surface area contributed by atoms with Crippen molar-refractivity contribution in [1.82, 2.24) is 0 Å². The van der Waals surface area contributed by atoms with E-state index < -0.39 is 0 Å². The van der Waals surface area contributed by atoms with E-state index >= 15 is 0 Å². The molecule has 1 aromatic carbocycles. The lowest BCUT2D eigenvalue weighted by molar-refractivity contribution is 1.36. The van der Waals surface area contributed by atoms with Crippen LogP contribution in [0.2, 0.25) is 0 Å². The molecular weight excluding hydrogens is 154 g/mol. The number of aryl methyl sites for hydroxylation is 1. The van der Waals surface area contributed by atoms with E-state index in [0.717, 1.165) is 11.4 Å². The van der Waals surface area contributed by atoms with Gasteiger partial charge in [-0.1, -0.05) is 19.1 Å². The van der Waals surface area contributed by atoms with Gasteiger partial charge in [-0.15, -0.1) is 11.8 Å². The Labute approximate surface area is 72.0 Å².